The van der Waals surface area contributed by atoms with Crippen molar-refractivity contribution in [3.05, 3.63) is 0 Å². The lowest BCUT2D eigenvalue weighted by Gasteiger charge is -2.38. The third-order valence-corrected chi connectivity index (χ3v) is 3.51. The quantitative estimate of drug-likeness (QED) is 0.730. The first-order valence-corrected chi connectivity index (χ1v) is 6.79. The number of carbonyl (C=O) groups excluding carboxylic acids is 1. The van der Waals surface area contributed by atoms with Gasteiger partial charge in [-0.05, 0) is 13.8 Å². The zero-order valence-electron chi connectivity index (χ0n) is 11.5. The second-order valence-corrected chi connectivity index (χ2v) is 5.63. The molecule has 0 aromatic rings. The third kappa shape index (κ3) is 3.93. The number of carbonyl (C=O) groups is 1. The molecule has 0 N–H and O–H groups in total. The van der Waals surface area contributed by atoms with Gasteiger partial charge in [-0.1, -0.05) is 0 Å². The number of hydrogen-bond acceptors (Lipinski definition) is 4. The zero-order valence-corrected chi connectivity index (χ0v) is 11.5. The standard InChI is InChI=1S/C13H24N2O3/c1-13(2)11-14(5-10-18-13)4-3-12(16)15-6-8-17-9-7-15/h3-11H2,1-2H3. The summed E-state index contributed by atoms with van der Waals surface area (Å²) in [7, 11) is 0. The van der Waals surface area contributed by atoms with Crippen LogP contribution in [0.15, 0.2) is 0 Å². The first kappa shape index (κ1) is 13.8. The number of morpholine rings is 2. The van der Waals surface area contributed by atoms with E-state index >= 15 is 0 Å². The summed E-state index contributed by atoms with van der Waals surface area (Å²) in [5.41, 5.74) is -0.0831. The Hall–Kier alpha value is -0.650. The van der Waals surface area contributed by atoms with Crippen LogP contribution in [0.25, 0.3) is 0 Å². The number of ether oxygens (including phenoxy) is 2. The highest BCUT2D eigenvalue weighted by Gasteiger charge is 2.27. The fourth-order valence-corrected chi connectivity index (χ4v) is 2.53. The summed E-state index contributed by atoms with van der Waals surface area (Å²) in [6, 6.07) is 0. The largest absolute Gasteiger partial charge is 0.378 e. The Morgan fingerprint density at radius 3 is 2.56 bits per heavy atom. The monoisotopic (exact) mass is 256 g/mol. The van der Waals surface area contributed by atoms with Crippen LogP contribution in [0.4, 0.5) is 0 Å². The first-order chi connectivity index (χ1) is 8.57. The van der Waals surface area contributed by atoms with Crippen molar-refractivity contribution in [1.82, 2.24) is 9.80 Å². The number of rotatable bonds is 3. The van der Waals surface area contributed by atoms with Crippen molar-refractivity contribution in [3.63, 3.8) is 0 Å². The van der Waals surface area contributed by atoms with Gasteiger partial charge < -0.3 is 14.4 Å². The van der Waals surface area contributed by atoms with Gasteiger partial charge in [-0.25, -0.2) is 0 Å². The van der Waals surface area contributed by atoms with E-state index in [1.54, 1.807) is 0 Å². The van der Waals surface area contributed by atoms with Crippen LogP contribution in [0, 0.1) is 0 Å². The third-order valence-electron chi connectivity index (χ3n) is 3.51. The number of hydrogen-bond donors (Lipinski definition) is 0. The highest BCUT2D eigenvalue weighted by atomic mass is 16.5. The predicted octanol–water partition coefficient (Wildman–Crippen LogP) is 0.346. The zero-order chi connectivity index (χ0) is 13.0. The van der Waals surface area contributed by atoms with Crippen molar-refractivity contribution >= 4 is 5.91 Å². The van der Waals surface area contributed by atoms with Gasteiger partial charge in [0.25, 0.3) is 0 Å². The molecule has 0 saturated carbocycles. The van der Waals surface area contributed by atoms with Gasteiger partial charge in [-0.3, -0.25) is 9.69 Å². The van der Waals surface area contributed by atoms with Crippen LogP contribution >= 0.6 is 0 Å². The van der Waals surface area contributed by atoms with Gasteiger partial charge >= 0.3 is 0 Å². The summed E-state index contributed by atoms with van der Waals surface area (Å²) in [6.45, 7) is 10.5. The predicted molar refractivity (Wildman–Crippen MR) is 68.5 cm³/mol. The minimum atomic E-state index is -0.0831. The average molecular weight is 256 g/mol. The minimum Gasteiger partial charge on any atom is -0.378 e. The molecule has 2 aliphatic heterocycles. The molecule has 2 rings (SSSR count). The van der Waals surface area contributed by atoms with E-state index in [4.69, 9.17) is 9.47 Å². The Morgan fingerprint density at radius 2 is 1.89 bits per heavy atom. The highest BCUT2D eigenvalue weighted by Crippen LogP contribution is 2.16. The molecule has 0 spiro atoms. The summed E-state index contributed by atoms with van der Waals surface area (Å²) in [5, 5.41) is 0. The van der Waals surface area contributed by atoms with Gasteiger partial charge in [0.15, 0.2) is 0 Å². The Morgan fingerprint density at radius 1 is 1.17 bits per heavy atom. The molecule has 2 fully saturated rings. The van der Waals surface area contributed by atoms with Gasteiger partial charge in [0.1, 0.15) is 0 Å². The lowest BCUT2D eigenvalue weighted by atomic mass is 10.1. The van der Waals surface area contributed by atoms with E-state index in [-0.39, 0.29) is 11.5 Å². The molecule has 5 nitrogen and oxygen atoms in total. The summed E-state index contributed by atoms with van der Waals surface area (Å²) >= 11 is 0. The molecule has 0 aromatic carbocycles. The van der Waals surface area contributed by atoms with Crippen molar-refractivity contribution in [2.24, 2.45) is 0 Å². The van der Waals surface area contributed by atoms with Crippen LogP contribution < -0.4 is 0 Å². The fraction of sp³-hybridized carbons (Fsp3) is 0.923. The summed E-state index contributed by atoms with van der Waals surface area (Å²) < 4.78 is 10.9. The molecule has 0 unspecified atom stereocenters. The van der Waals surface area contributed by atoms with Gasteiger partial charge in [0, 0.05) is 39.1 Å². The topological polar surface area (TPSA) is 42.0 Å². The molecule has 2 aliphatic rings. The van der Waals surface area contributed by atoms with E-state index in [0.717, 1.165) is 39.3 Å². The maximum absolute atomic E-state index is 12.0. The second kappa shape index (κ2) is 5.99. The van der Waals surface area contributed by atoms with Crippen LogP contribution in [-0.2, 0) is 14.3 Å². The van der Waals surface area contributed by atoms with E-state index in [9.17, 15) is 4.79 Å². The molecule has 0 atom stereocenters. The Kier molecular flexibility index (Phi) is 4.59. The van der Waals surface area contributed by atoms with Crippen molar-refractivity contribution in [2.75, 3.05) is 52.5 Å². The van der Waals surface area contributed by atoms with Crippen molar-refractivity contribution in [1.29, 1.82) is 0 Å². The molecule has 0 aromatic heterocycles. The second-order valence-electron chi connectivity index (χ2n) is 5.63. The minimum absolute atomic E-state index is 0.0831. The summed E-state index contributed by atoms with van der Waals surface area (Å²) in [5.74, 6) is 0.252. The van der Waals surface area contributed by atoms with Gasteiger partial charge in [0.2, 0.25) is 5.91 Å². The summed E-state index contributed by atoms with van der Waals surface area (Å²) in [6.07, 6.45) is 0.607. The van der Waals surface area contributed by atoms with Crippen LogP contribution in [0.3, 0.4) is 0 Å². The Bertz CT molecular complexity index is 288. The van der Waals surface area contributed by atoms with E-state index in [2.05, 4.69) is 18.7 Å². The molecule has 0 radical (unpaired) electrons. The molecule has 0 bridgehead atoms. The molecular weight excluding hydrogens is 232 g/mol. The van der Waals surface area contributed by atoms with Gasteiger partial charge in [-0.2, -0.15) is 0 Å². The first-order valence-electron chi connectivity index (χ1n) is 6.79. The van der Waals surface area contributed by atoms with E-state index in [1.807, 2.05) is 4.90 Å². The van der Waals surface area contributed by atoms with Crippen LogP contribution in [-0.4, -0.2) is 73.9 Å². The maximum atomic E-state index is 12.0. The molecule has 1 amide bonds. The van der Waals surface area contributed by atoms with E-state index in [0.29, 0.717) is 19.6 Å². The van der Waals surface area contributed by atoms with Crippen LogP contribution in [0.2, 0.25) is 0 Å². The van der Waals surface area contributed by atoms with Gasteiger partial charge in [0.05, 0.1) is 25.4 Å². The Balaban J connectivity index is 1.72. The molecule has 0 aliphatic carbocycles. The highest BCUT2D eigenvalue weighted by molar-refractivity contribution is 5.76. The molecule has 104 valence electrons. The van der Waals surface area contributed by atoms with E-state index in [1.165, 1.54) is 0 Å². The van der Waals surface area contributed by atoms with Gasteiger partial charge in [-0.15, -0.1) is 0 Å². The fourth-order valence-electron chi connectivity index (χ4n) is 2.53. The molecule has 18 heavy (non-hydrogen) atoms. The smallest absolute Gasteiger partial charge is 0.224 e. The molecule has 5 heteroatoms. The number of nitrogens with zero attached hydrogens (tertiary/aromatic N) is 2. The molecule has 2 heterocycles. The van der Waals surface area contributed by atoms with Crippen LogP contribution in [0.1, 0.15) is 20.3 Å². The SMILES string of the molecule is CC1(C)CN(CCC(=O)N2CCOCC2)CCO1. The lowest BCUT2D eigenvalue weighted by Crippen LogP contribution is -2.49. The van der Waals surface area contributed by atoms with Crippen molar-refractivity contribution < 1.29 is 14.3 Å². The lowest BCUT2D eigenvalue weighted by molar-refractivity contribution is -0.136. The van der Waals surface area contributed by atoms with Crippen LogP contribution in [0.5, 0.6) is 0 Å². The summed E-state index contributed by atoms with van der Waals surface area (Å²) in [4.78, 5) is 16.2. The molecular formula is C13H24N2O3. The van der Waals surface area contributed by atoms with Crippen molar-refractivity contribution in [2.45, 2.75) is 25.9 Å². The maximum Gasteiger partial charge on any atom is 0.224 e. The average Bonchev–Trinajstić information content (AvgIpc) is 2.36. The Labute approximate surface area is 109 Å². The van der Waals surface area contributed by atoms with Crippen molar-refractivity contribution in [3.8, 4) is 0 Å². The van der Waals surface area contributed by atoms with E-state index < -0.39 is 0 Å². The molecule has 2 saturated heterocycles. The normalized spacial score (nSPS) is 25.1. The number of amides is 1.